The number of hydrogen-bond acceptors (Lipinski definition) is 3. The van der Waals surface area contributed by atoms with Crippen molar-refractivity contribution in [2.45, 2.75) is 44.2 Å². The van der Waals surface area contributed by atoms with Gasteiger partial charge < -0.3 is 5.11 Å². The smallest absolute Gasteiger partial charge is 0.241 e. The molecule has 0 aromatic heterocycles. The minimum atomic E-state index is -3.77. The Labute approximate surface area is 150 Å². The number of hydrogen-bond donors (Lipinski definition) is 2. The van der Waals surface area contributed by atoms with Gasteiger partial charge in [-0.15, -0.1) is 6.58 Å². The van der Waals surface area contributed by atoms with E-state index in [2.05, 4.69) is 11.3 Å². The second-order valence-corrected chi connectivity index (χ2v) is 8.02. The van der Waals surface area contributed by atoms with Crippen molar-refractivity contribution in [3.8, 4) is 0 Å². The van der Waals surface area contributed by atoms with Gasteiger partial charge in [0, 0.05) is 0 Å². The molecule has 0 aliphatic carbocycles. The fourth-order valence-corrected chi connectivity index (χ4v) is 4.82. The maximum absolute atomic E-state index is 12.9. The Morgan fingerprint density at radius 1 is 1.12 bits per heavy atom. The van der Waals surface area contributed by atoms with Crippen LogP contribution in [0.1, 0.15) is 22.3 Å². The standard InChI is InChI=1S/C20H25NO3S/c1-5-19(22)18(13-17-9-7-6-8-10-17)21-25(23,24)20-15(3)11-14(2)12-16(20)4/h5-12,18-19,21-22H,1,13H2,2-4H3/t18-,19-/m0/s1. The Hall–Kier alpha value is -1.95. The van der Waals surface area contributed by atoms with Crippen molar-refractivity contribution in [1.29, 1.82) is 0 Å². The molecule has 2 rings (SSSR count). The summed E-state index contributed by atoms with van der Waals surface area (Å²) in [5.74, 6) is 0. The fourth-order valence-electron chi connectivity index (χ4n) is 3.11. The molecule has 0 fully saturated rings. The molecule has 0 heterocycles. The lowest BCUT2D eigenvalue weighted by molar-refractivity contribution is 0.183. The average Bonchev–Trinajstić information content (AvgIpc) is 2.52. The van der Waals surface area contributed by atoms with E-state index in [4.69, 9.17) is 0 Å². The topological polar surface area (TPSA) is 66.4 Å². The van der Waals surface area contributed by atoms with Gasteiger partial charge in [-0.25, -0.2) is 13.1 Å². The van der Waals surface area contributed by atoms with Crippen molar-refractivity contribution in [2.24, 2.45) is 0 Å². The largest absolute Gasteiger partial charge is 0.387 e. The molecule has 25 heavy (non-hydrogen) atoms. The molecule has 0 bridgehead atoms. The van der Waals surface area contributed by atoms with Gasteiger partial charge in [-0.1, -0.05) is 54.1 Å². The van der Waals surface area contributed by atoms with Crippen LogP contribution in [0.4, 0.5) is 0 Å². The van der Waals surface area contributed by atoms with Gasteiger partial charge in [0.2, 0.25) is 10.0 Å². The minimum Gasteiger partial charge on any atom is -0.387 e. The van der Waals surface area contributed by atoms with E-state index in [1.54, 1.807) is 13.8 Å². The highest BCUT2D eigenvalue weighted by Crippen LogP contribution is 2.22. The quantitative estimate of drug-likeness (QED) is 0.747. The Kier molecular flexibility index (Phi) is 6.16. The van der Waals surface area contributed by atoms with Crippen LogP contribution in [0.15, 0.2) is 60.0 Å². The molecule has 2 aromatic rings. The van der Waals surface area contributed by atoms with Crippen molar-refractivity contribution < 1.29 is 13.5 Å². The zero-order valence-electron chi connectivity index (χ0n) is 14.9. The van der Waals surface area contributed by atoms with Gasteiger partial charge in [0.25, 0.3) is 0 Å². The first-order valence-electron chi connectivity index (χ1n) is 8.19. The van der Waals surface area contributed by atoms with Crippen LogP contribution in [-0.4, -0.2) is 25.7 Å². The number of aryl methyl sites for hydroxylation is 3. The Morgan fingerprint density at radius 3 is 2.20 bits per heavy atom. The first-order valence-corrected chi connectivity index (χ1v) is 9.67. The predicted octanol–water partition coefficient (Wildman–Crippen LogP) is 3.05. The second-order valence-electron chi connectivity index (χ2n) is 6.37. The first kappa shape index (κ1) is 19.4. The van der Waals surface area contributed by atoms with E-state index < -0.39 is 22.2 Å². The van der Waals surface area contributed by atoms with Crippen molar-refractivity contribution in [3.63, 3.8) is 0 Å². The van der Waals surface area contributed by atoms with Gasteiger partial charge in [-0.3, -0.25) is 0 Å². The van der Waals surface area contributed by atoms with Crippen LogP contribution in [0.2, 0.25) is 0 Å². The van der Waals surface area contributed by atoms with Crippen molar-refractivity contribution >= 4 is 10.0 Å². The second kappa shape index (κ2) is 7.95. The molecule has 0 saturated carbocycles. The molecular weight excluding hydrogens is 334 g/mol. The van der Waals surface area contributed by atoms with E-state index in [0.29, 0.717) is 17.5 Å². The molecule has 2 N–H and O–H groups in total. The number of rotatable bonds is 7. The molecular formula is C20H25NO3S. The summed E-state index contributed by atoms with van der Waals surface area (Å²) >= 11 is 0. The van der Waals surface area contributed by atoms with E-state index in [0.717, 1.165) is 11.1 Å². The van der Waals surface area contributed by atoms with Gasteiger partial charge in [0.05, 0.1) is 17.0 Å². The van der Waals surface area contributed by atoms with Gasteiger partial charge in [0.15, 0.2) is 0 Å². The third-order valence-corrected chi connectivity index (χ3v) is 5.93. The molecule has 134 valence electrons. The van der Waals surface area contributed by atoms with Crippen LogP contribution in [0.3, 0.4) is 0 Å². The molecule has 0 amide bonds. The Balaban J connectivity index is 2.36. The average molecular weight is 359 g/mol. The zero-order chi connectivity index (χ0) is 18.6. The third kappa shape index (κ3) is 4.78. The summed E-state index contributed by atoms with van der Waals surface area (Å²) in [6, 6.07) is 12.5. The maximum atomic E-state index is 12.9. The number of benzene rings is 2. The normalized spacial score (nSPS) is 14.1. The minimum absolute atomic E-state index is 0.271. The Bertz CT molecular complexity index is 821. The van der Waals surface area contributed by atoms with Crippen molar-refractivity contribution in [2.75, 3.05) is 0 Å². The lowest BCUT2D eigenvalue weighted by Gasteiger charge is -2.23. The molecule has 2 atom stereocenters. The van der Waals surface area contributed by atoms with Crippen LogP contribution in [0.25, 0.3) is 0 Å². The molecule has 0 unspecified atom stereocenters. The van der Waals surface area contributed by atoms with E-state index >= 15 is 0 Å². The summed E-state index contributed by atoms with van der Waals surface area (Å²) < 4.78 is 28.6. The van der Waals surface area contributed by atoms with Crippen LogP contribution >= 0.6 is 0 Å². The van der Waals surface area contributed by atoms with Gasteiger partial charge in [0.1, 0.15) is 0 Å². The van der Waals surface area contributed by atoms with Crippen LogP contribution < -0.4 is 4.72 Å². The van der Waals surface area contributed by atoms with Gasteiger partial charge in [-0.2, -0.15) is 0 Å². The third-order valence-electron chi connectivity index (χ3n) is 4.13. The maximum Gasteiger partial charge on any atom is 0.241 e. The lowest BCUT2D eigenvalue weighted by atomic mass is 10.0. The molecule has 4 nitrogen and oxygen atoms in total. The Morgan fingerprint density at radius 2 is 1.68 bits per heavy atom. The molecule has 2 aromatic carbocycles. The summed E-state index contributed by atoms with van der Waals surface area (Å²) in [5.41, 5.74) is 3.34. The molecule has 0 spiro atoms. The summed E-state index contributed by atoms with van der Waals surface area (Å²) in [5, 5.41) is 10.2. The van der Waals surface area contributed by atoms with E-state index in [1.807, 2.05) is 49.4 Å². The zero-order valence-corrected chi connectivity index (χ0v) is 15.7. The fraction of sp³-hybridized carbons (Fsp3) is 0.300. The van der Waals surface area contributed by atoms with Crippen molar-refractivity contribution in [1.82, 2.24) is 4.72 Å². The molecule has 0 saturated heterocycles. The van der Waals surface area contributed by atoms with E-state index in [9.17, 15) is 13.5 Å². The number of sulfonamides is 1. The van der Waals surface area contributed by atoms with E-state index in [1.165, 1.54) is 6.08 Å². The summed E-state index contributed by atoms with van der Waals surface area (Å²) in [7, 11) is -3.77. The molecule has 0 aliphatic rings. The number of aliphatic hydroxyl groups excluding tert-OH is 1. The summed E-state index contributed by atoms with van der Waals surface area (Å²) in [4.78, 5) is 0.271. The van der Waals surface area contributed by atoms with Gasteiger partial charge in [-0.05, 0) is 43.9 Å². The number of aliphatic hydroxyl groups is 1. The van der Waals surface area contributed by atoms with Crippen LogP contribution in [-0.2, 0) is 16.4 Å². The number of nitrogens with one attached hydrogen (secondary N) is 1. The molecule has 0 aliphatic heterocycles. The molecule has 5 heteroatoms. The van der Waals surface area contributed by atoms with Crippen LogP contribution in [0, 0.1) is 20.8 Å². The highest BCUT2D eigenvalue weighted by atomic mass is 32.2. The summed E-state index contributed by atoms with van der Waals surface area (Å²) in [6.45, 7) is 9.09. The monoisotopic (exact) mass is 359 g/mol. The van der Waals surface area contributed by atoms with Crippen molar-refractivity contribution in [3.05, 3.63) is 77.4 Å². The van der Waals surface area contributed by atoms with E-state index in [-0.39, 0.29) is 4.90 Å². The lowest BCUT2D eigenvalue weighted by Crippen LogP contribution is -2.44. The SMILES string of the molecule is C=C[C@H](O)[C@H](Cc1ccccc1)NS(=O)(=O)c1c(C)cc(C)cc1C. The highest BCUT2D eigenvalue weighted by molar-refractivity contribution is 7.89. The summed E-state index contributed by atoms with van der Waals surface area (Å²) in [6.07, 6.45) is 0.739. The van der Waals surface area contributed by atoms with Gasteiger partial charge >= 0.3 is 0 Å². The highest BCUT2D eigenvalue weighted by Gasteiger charge is 2.27. The molecule has 0 radical (unpaired) electrons. The predicted molar refractivity (Wildman–Crippen MR) is 101 cm³/mol. The van der Waals surface area contributed by atoms with Crippen LogP contribution in [0.5, 0.6) is 0 Å². The first-order chi connectivity index (χ1) is 11.7.